The largest absolute Gasteiger partial charge is 0.478 e. The topological polar surface area (TPSA) is 134 Å². The van der Waals surface area contributed by atoms with Crippen molar-refractivity contribution in [3.63, 3.8) is 0 Å². The molecule has 4 rings (SSSR count). The second-order valence-corrected chi connectivity index (χ2v) is 7.79. The Morgan fingerprint density at radius 2 is 1.59 bits per heavy atom. The molecule has 9 heteroatoms. The maximum Gasteiger partial charge on any atom is 0.335 e. The highest BCUT2D eigenvalue weighted by molar-refractivity contribution is 6.32. The Morgan fingerprint density at radius 3 is 2.19 bits per heavy atom. The number of hydrogen-bond acceptors (Lipinski definition) is 5. The lowest BCUT2D eigenvalue weighted by molar-refractivity contribution is -0.114. The molecule has 0 radical (unpaired) electrons. The second kappa shape index (κ2) is 7.90. The smallest absolute Gasteiger partial charge is 0.335 e. The summed E-state index contributed by atoms with van der Waals surface area (Å²) in [5, 5.41) is 19.1. The number of carboxylic acids is 1. The minimum atomic E-state index is -1.07. The Labute approximate surface area is 188 Å². The summed E-state index contributed by atoms with van der Waals surface area (Å²) in [5.41, 5.74) is 7.92. The molecule has 0 aliphatic carbocycles. The third-order valence-electron chi connectivity index (χ3n) is 5.21. The Kier molecular flexibility index (Phi) is 5.23. The van der Waals surface area contributed by atoms with Crippen LogP contribution in [-0.4, -0.2) is 22.9 Å². The van der Waals surface area contributed by atoms with Crippen molar-refractivity contribution in [1.29, 1.82) is 0 Å². The number of nitrogens with two attached hydrogens (primary N) is 1. The van der Waals surface area contributed by atoms with Crippen molar-refractivity contribution in [1.82, 2.24) is 0 Å². The molecule has 162 valence electrons. The average molecular weight is 451 g/mol. The van der Waals surface area contributed by atoms with Gasteiger partial charge in [0, 0.05) is 34.3 Å². The predicted octanol–water partition coefficient (Wildman–Crippen LogP) is 3.83. The Hall–Kier alpha value is -4.04. The molecule has 0 spiro atoms. The third kappa shape index (κ3) is 3.72. The van der Waals surface area contributed by atoms with Gasteiger partial charge < -0.3 is 26.8 Å². The monoisotopic (exact) mass is 450 g/mol. The van der Waals surface area contributed by atoms with Crippen LogP contribution in [0.4, 0.5) is 17.1 Å². The van der Waals surface area contributed by atoms with E-state index < -0.39 is 17.5 Å². The van der Waals surface area contributed by atoms with E-state index in [1.54, 1.807) is 30.3 Å². The molecular weight excluding hydrogens is 432 g/mol. The van der Waals surface area contributed by atoms with Crippen LogP contribution in [0.5, 0.6) is 0 Å². The maximum atomic E-state index is 11.6. The van der Waals surface area contributed by atoms with Gasteiger partial charge in [-0.25, -0.2) is 4.79 Å². The van der Waals surface area contributed by atoms with Crippen LogP contribution in [0.25, 0.3) is 0 Å². The molecule has 1 unspecified atom stereocenters. The summed E-state index contributed by atoms with van der Waals surface area (Å²) >= 11 is 6.58. The lowest BCUT2D eigenvalue weighted by atomic mass is 9.90. The van der Waals surface area contributed by atoms with E-state index in [0.717, 1.165) is 5.56 Å². The lowest BCUT2D eigenvalue weighted by Crippen LogP contribution is -2.40. The van der Waals surface area contributed by atoms with Crippen molar-refractivity contribution in [3.05, 3.63) is 87.9 Å². The van der Waals surface area contributed by atoms with Crippen LogP contribution in [0.2, 0.25) is 5.02 Å². The number of hydrogen-bond donors (Lipinski definition) is 5. The number of carbonyl (C=O) groups is 3. The van der Waals surface area contributed by atoms with Gasteiger partial charge >= 0.3 is 5.97 Å². The molecule has 3 aromatic carbocycles. The summed E-state index contributed by atoms with van der Waals surface area (Å²) in [5.74, 6) is -1.84. The zero-order valence-electron chi connectivity index (χ0n) is 16.9. The molecule has 1 atom stereocenters. The molecular formula is C23H19ClN4O4. The summed E-state index contributed by atoms with van der Waals surface area (Å²) in [6.45, 7) is 1.42. The molecule has 0 saturated heterocycles. The summed E-state index contributed by atoms with van der Waals surface area (Å²) < 4.78 is 0. The molecule has 0 saturated carbocycles. The number of halogens is 1. The Morgan fingerprint density at radius 1 is 0.938 bits per heavy atom. The number of primary amides is 1. The minimum Gasteiger partial charge on any atom is -0.478 e. The van der Waals surface area contributed by atoms with Gasteiger partial charge in [0.15, 0.2) is 5.66 Å². The fraction of sp³-hybridized carbons (Fsp3) is 0.0870. The number of aromatic carboxylic acids is 1. The van der Waals surface area contributed by atoms with Crippen molar-refractivity contribution < 1.29 is 19.5 Å². The SMILES string of the molecule is CC(=O)Nc1ccc(C2(c3ccc(C(N)=O)cc3Cl)Nc3ccc(C(=O)O)cc3N2)cc1. The average Bonchev–Trinajstić information content (AvgIpc) is 3.13. The molecule has 1 heterocycles. The van der Waals surface area contributed by atoms with Gasteiger partial charge in [0.1, 0.15) is 0 Å². The molecule has 0 aromatic heterocycles. The molecule has 32 heavy (non-hydrogen) atoms. The van der Waals surface area contributed by atoms with Crippen molar-refractivity contribution in [2.45, 2.75) is 12.6 Å². The molecule has 8 nitrogen and oxygen atoms in total. The van der Waals surface area contributed by atoms with Crippen molar-refractivity contribution in [3.8, 4) is 0 Å². The predicted molar refractivity (Wildman–Crippen MR) is 122 cm³/mol. The van der Waals surface area contributed by atoms with E-state index in [0.29, 0.717) is 27.6 Å². The molecule has 0 bridgehead atoms. The van der Waals surface area contributed by atoms with E-state index in [1.807, 2.05) is 12.1 Å². The van der Waals surface area contributed by atoms with Crippen molar-refractivity contribution in [2.75, 3.05) is 16.0 Å². The van der Waals surface area contributed by atoms with E-state index in [2.05, 4.69) is 16.0 Å². The van der Waals surface area contributed by atoms with Crippen molar-refractivity contribution in [2.24, 2.45) is 5.73 Å². The fourth-order valence-corrected chi connectivity index (χ4v) is 4.06. The number of amides is 2. The van der Waals surface area contributed by atoms with E-state index in [-0.39, 0.29) is 17.0 Å². The molecule has 1 aliphatic heterocycles. The van der Waals surface area contributed by atoms with Gasteiger partial charge in [-0.2, -0.15) is 0 Å². The number of benzene rings is 3. The molecule has 0 fully saturated rings. The molecule has 1 aliphatic rings. The van der Waals surface area contributed by atoms with E-state index in [9.17, 15) is 19.5 Å². The van der Waals surface area contributed by atoms with Gasteiger partial charge in [-0.1, -0.05) is 29.8 Å². The van der Waals surface area contributed by atoms with Gasteiger partial charge in [0.25, 0.3) is 0 Å². The van der Waals surface area contributed by atoms with Gasteiger partial charge in [-0.3, -0.25) is 9.59 Å². The van der Waals surface area contributed by atoms with Gasteiger partial charge in [-0.15, -0.1) is 0 Å². The minimum absolute atomic E-state index is 0.130. The maximum absolute atomic E-state index is 11.6. The normalized spacial score (nSPS) is 16.4. The van der Waals surface area contributed by atoms with Crippen LogP contribution >= 0.6 is 11.6 Å². The highest BCUT2D eigenvalue weighted by atomic mass is 35.5. The zero-order chi connectivity index (χ0) is 23.0. The number of carboxylic acid groups (broad SMARTS) is 1. The van der Waals surface area contributed by atoms with Crippen molar-refractivity contribution >= 4 is 46.4 Å². The summed E-state index contributed by atoms with van der Waals surface area (Å²) in [4.78, 5) is 34.4. The molecule has 2 amide bonds. The first-order chi connectivity index (χ1) is 15.2. The van der Waals surface area contributed by atoms with Gasteiger partial charge in [0.2, 0.25) is 11.8 Å². The molecule has 3 aromatic rings. The number of rotatable bonds is 5. The lowest BCUT2D eigenvalue weighted by Gasteiger charge is -2.33. The van der Waals surface area contributed by atoms with Gasteiger partial charge in [0.05, 0.1) is 16.9 Å². The zero-order valence-corrected chi connectivity index (χ0v) is 17.7. The number of nitrogens with one attached hydrogen (secondary N) is 3. The first kappa shape index (κ1) is 21.2. The van der Waals surface area contributed by atoms with Crippen LogP contribution in [0.15, 0.2) is 60.7 Å². The highest BCUT2D eigenvalue weighted by Gasteiger charge is 2.41. The standard InChI is InChI=1S/C23H19ClN4O4/c1-12(29)26-16-6-4-15(5-7-16)23(17-8-2-13(21(25)30)10-18(17)24)27-19-9-3-14(22(31)32)11-20(19)28-23/h2-11,27-28H,1H3,(H2,25,30)(H,26,29)(H,31,32). The first-order valence-corrected chi connectivity index (χ1v) is 9.99. The van der Waals surface area contributed by atoms with E-state index >= 15 is 0 Å². The fourth-order valence-electron chi connectivity index (χ4n) is 3.74. The molecule has 6 N–H and O–H groups in total. The highest BCUT2D eigenvalue weighted by Crippen LogP contribution is 2.46. The Balaban J connectivity index is 1.85. The third-order valence-corrected chi connectivity index (χ3v) is 5.52. The summed E-state index contributed by atoms with van der Waals surface area (Å²) in [7, 11) is 0. The number of carbonyl (C=O) groups excluding carboxylic acids is 2. The first-order valence-electron chi connectivity index (χ1n) is 9.61. The van der Waals surface area contributed by atoms with Crippen LogP contribution < -0.4 is 21.7 Å². The summed E-state index contributed by atoms with van der Waals surface area (Å²) in [6, 6.07) is 16.6. The number of anilines is 3. The second-order valence-electron chi connectivity index (χ2n) is 7.38. The Bertz CT molecular complexity index is 1260. The van der Waals surface area contributed by atoms with Crippen LogP contribution in [0.3, 0.4) is 0 Å². The van der Waals surface area contributed by atoms with Crippen LogP contribution in [0.1, 0.15) is 38.8 Å². The van der Waals surface area contributed by atoms with E-state index in [1.165, 1.54) is 25.1 Å². The number of fused-ring (bicyclic) bond motifs is 1. The van der Waals surface area contributed by atoms with Crippen LogP contribution in [0, 0.1) is 0 Å². The quantitative estimate of drug-likeness (QED) is 0.401. The van der Waals surface area contributed by atoms with Gasteiger partial charge in [-0.05, 0) is 42.5 Å². The summed E-state index contributed by atoms with van der Waals surface area (Å²) in [6.07, 6.45) is 0. The van der Waals surface area contributed by atoms with Crippen LogP contribution in [-0.2, 0) is 10.5 Å². The van der Waals surface area contributed by atoms with E-state index in [4.69, 9.17) is 17.3 Å².